The summed E-state index contributed by atoms with van der Waals surface area (Å²) in [5.41, 5.74) is 2.47. The highest BCUT2D eigenvalue weighted by atomic mass is 32.2. The van der Waals surface area contributed by atoms with Crippen LogP contribution in [-0.4, -0.2) is 52.8 Å². The van der Waals surface area contributed by atoms with E-state index in [2.05, 4.69) is 20.4 Å². The third-order valence-corrected chi connectivity index (χ3v) is 6.20. The summed E-state index contributed by atoms with van der Waals surface area (Å²) in [6.45, 7) is 0. The van der Waals surface area contributed by atoms with E-state index in [-0.39, 0.29) is 17.5 Å². The lowest BCUT2D eigenvalue weighted by molar-refractivity contribution is 0.414. The largest absolute Gasteiger partial charge is 0.497 e. The first-order chi connectivity index (χ1) is 13.0. The highest BCUT2D eigenvalue weighted by molar-refractivity contribution is 7.91. The van der Waals surface area contributed by atoms with Crippen molar-refractivity contribution >= 4 is 15.8 Å². The highest BCUT2D eigenvalue weighted by Gasteiger charge is 2.28. The molecule has 140 valence electrons. The Morgan fingerprint density at radius 1 is 1.22 bits per heavy atom. The molecule has 9 heteroatoms. The zero-order valence-corrected chi connectivity index (χ0v) is 15.6. The Kier molecular flexibility index (Phi) is 4.53. The van der Waals surface area contributed by atoms with E-state index in [0.717, 1.165) is 17.0 Å². The van der Waals surface area contributed by atoms with Gasteiger partial charge in [0.25, 0.3) is 0 Å². The van der Waals surface area contributed by atoms with Crippen LogP contribution in [0, 0.1) is 0 Å². The first-order valence-electron chi connectivity index (χ1n) is 8.52. The fourth-order valence-electron chi connectivity index (χ4n) is 3.01. The second kappa shape index (κ2) is 6.99. The average Bonchev–Trinajstić information content (AvgIpc) is 3.29. The molecule has 0 spiro atoms. The average molecular weight is 385 g/mol. The van der Waals surface area contributed by atoms with E-state index < -0.39 is 9.84 Å². The van der Waals surface area contributed by atoms with Crippen molar-refractivity contribution in [2.75, 3.05) is 23.9 Å². The molecule has 1 atom stereocenters. The molecule has 0 saturated carbocycles. The minimum absolute atomic E-state index is 0.121. The number of aromatic nitrogens is 4. The van der Waals surface area contributed by atoms with Crippen LogP contribution in [0.25, 0.3) is 16.9 Å². The van der Waals surface area contributed by atoms with Crippen molar-refractivity contribution in [2.45, 2.75) is 12.5 Å². The zero-order valence-electron chi connectivity index (χ0n) is 14.7. The molecule has 27 heavy (non-hydrogen) atoms. The topological polar surface area (TPSA) is 99.0 Å². The Hall–Kier alpha value is -2.94. The van der Waals surface area contributed by atoms with Gasteiger partial charge in [-0.05, 0) is 36.8 Å². The van der Waals surface area contributed by atoms with Crippen LogP contribution < -0.4 is 10.1 Å². The molecule has 1 saturated heterocycles. The Balaban J connectivity index is 1.53. The molecule has 1 N–H and O–H groups in total. The lowest BCUT2D eigenvalue weighted by Gasteiger charge is -2.10. The van der Waals surface area contributed by atoms with E-state index in [1.165, 1.54) is 0 Å². The first kappa shape index (κ1) is 17.5. The maximum atomic E-state index is 11.6. The molecular formula is C18H19N5O3S. The summed E-state index contributed by atoms with van der Waals surface area (Å²) in [6.07, 6.45) is 5.84. The number of ether oxygens (including phenoxy) is 1. The van der Waals surface area contributed by atoms with Gasteiger partial charge in [0.15, 0.2) is 9.84 Å². The van der Waals surface area contributed by atoms with Crippen LogP contribution in [0.1, 0.15) is 6.42 Å². The van der Waals surface area contributed by atoms with Crippen LogP contribution in [0.5, 0.6) is 5.75 Å². The molecule has 1 aliphatic heterocycles. The van der Waals surface area contributed by atoms with Crippen LogP contribution in [0.4, 0.5) is 5.95 Å². The van der Waals surface area contributed by atoms with Gasteiger partial charge in [-0.25, -0.2) is 23.1 Å². The highest BCUT2D eigenvalue weighted by Crippen LogP contribution is 2.21. The Bertz CT molecular complexity index is 1050. The summed E-state index contributed by atoms with van der Waals surface area (Å²) in [5.74, 6) is 1.54. The molecule has 1 fully saturated rings. The van der Waals surface area contributed by atoms with Crippen molar-refractivity contribution in [3.63, 3.8) is 0 Å². The monoisotopic (exact) mass is 385 g/mol. The molecule has 4 rings (SSSR count). The van der Waals surface area contributed by atoms with Crippen LogP contribution in [-0.2, 0) is 9.84 Å². The Labute approximate surface area is 157 Å². The van der Waals surface area contributed by atoms with Crippen molar-refractivity contribution in [1.82, 2.24) is 19.7 Å². The summed E-state index contributed by atoms with van der Waals surface area (Å²) in [4.78, 5) is 8.70. The SMILES string of the molecule is COc1ccc(-n2cc(-c3ccnc(NC4CCS(=O)(=O)C4)n3)cn2)cc1. The van der Waals surface area contributed by atoms with Gasteiger partial charge in [-0.2, -0.15) is 5.10 Å². The van der Waals surface area contributed by atoms with Gasteiger partial charge < -0.3 is 10.1 Å². The predicted octanol–water partition coefficient (Wildman–Crippen LogP) is 1.94. The molecular weight excluding hydrogens is 366 g/mol. The van der Waals surface area contributed by atoms with Crippen LogP contribution in [0.15, 0.2) is 48.9 Å². The summed E-state index contributed by atoms with van der Waals surface area (Å²) >= 11 is 0. The van der Waals surface area contributed by atoms with E-state index in [0.29, 0.717) is 18.1 Å². The predicted molar refractivity (Wildman–Crippen MR) is 102 cm³/mol. The van der Waals surface area contributed by atoms with Gasteiger partial charge in [-0.1, -0.05) is 0 Å². The van der Waals surface area contributed by atoms with Crippen LogP contribution >= 0.6 is 0 Å². The fourth-order valence-corrected chi connectivity index (χ4v) is 4.69. The van der Waals surface area contributed by atoms with E-state index in [4.69, 9.17) is 4.74 Å². The van der Waals surface area contributed by atoms with Crippen molar-refractivity contribution in [2.24, 2.45) is 0 Å². The number of nitrogens with zero attached hydrogens (tertiary/aromatic N) is 4. The summed E-state index contributed by atoms with van der Waals surface area (Å²) in [5, 5.41) is 7.50. The number of hydrogen-bond donors (Lipinski definition) is 1. The number of rotatable bonds is 5. The van der Waals surface area contributed by atoms with Crippen molar-refractivity contribution in [3.8, 4) is 22.7 Å². The maximum Gasteiger partial charge on any atom is 0.223 e. The van der Waals surface area contributed by atoms with Gasteiger partial charge in [-0.15, -0.1) is 0 Å². The Morgan fingerprint density at radius 3 is 2.74 bits per heavy atom. The van der Waals surface area contributed by atoms with E-state index in [1.807, 2.05) is 30.5 Å². The summed E-state index contributed by atoms with van der Waals surface area (Å²) < 4.78 is 30.1. The second-order valence-corrected chi connectivity index (χ2v) is 8.61. The normalized spacial score (nSPS) is 18.3. The van der Waals surface area contributed by atoms with Gasteiger partial charge in [0.2, 0.25) is 5.95 Å². The van der Waals surface area contributed by atoms with E-state index in [1.54, 1.807) is 30.3 Å². The number of sulfone groups is 1. The molecule has 1 unspecified atom stereocenters. The van der Waals surface area contributed by atoms with E-state index in [9.17, 15) is 8.42 Å². The molecule has 0 amide bonds. The van der Waals surface area contributed by atoms with Crippen LogP contribution in [0.3, 0.4) is 0 Å². The van der Waals surface area contributed by atoms with Gasteiger partial charge in [0.05, 0.1) is 36.2 Å². The van der Waals surface area contributed by atoms with Gasteiger partial charge >= 0.3 is 0 Å². The zero-order chi connectivity index (χ0) is 18.9. The molecule has 1 aliphatic rings. The molecule has 8 nitrogen and oxygen atoms in total. The van der Waals surface area contributed by atoms with Crippen molar-refractivity contribution in [1.29, 1.82) is 0 Å². The van der Waals surface area contributed by atoms with Crippen LogP contribution in [0.2, 0.25) is 0 Å². The first-order valence-corrected chi connectivity index (χ1v) is 10.3. The molecule has 0 bridgehead atoms. The number of hydrogen-bond acceptors (Lipinski definition) is 7. The van der Waals surface area contributed by atoms with Gasteiger partial charge in [0.1, 0.15) is 5.75 Å². The molecule has 0 aliphatic carbocycles. The van der Waals surface area contributed by atoms with Crippen molar-refractivity contribution in [3.05, 3.63) is 48.9 Å². The number of methoxy groups -OCH3 is 1. The third kappa shape index (κ3) is 3.92. The van der Waals surface area contributed by atoms with Gasteiger partial charge in [0, 0.05) is 24.0 Å². The molecule has 1 aromatic carbocycles. The van der Waals surface area contributed by atoms with Gasteiger partial charge in [-0.3, -0.25) is 0 Å². The summed E-state index contributed by atoms with van der Waals surface area (Å²) in [7, 11) is -1.32. The van der Waals surface area contributed by atoms with E-state index >= 15 is 0 Å². The molecule has 3 heterocycles. The summed E-state index contributed by atoms with van der Waals surface area (Å²) in [6, 6.07) is 9.24. The standard InChI is InChI=1S/C18H19N5O3S/c1-26-16-4-2-15(3-5-16)23-11-13(10-20-23)17-6-8-19-18(22-17)21-14-7-9-27(24,25)12-14/h2-6,8,10-11,14H,7,9,12H2,1H3,(H,19,21,22). The third-order valence-electron chi connectivity index (χ3n) is 4.44. The maximum absolute atomic E-state index is 11.6. The fraction of sp³-hybridized carbons (Fsp3) is 0.278. The minimum Gasteiger partial charge on any atom is -0.497 e. The smallest absolute Gasteiger partial charge is 0.223 e. The minimum atomic E-state index is -2.95. The molecule has 2 aromatic heterocycles. The Morgan fingerprint density at radius 2 is 2.04 bits per heavy atom. The molecule has 3 aromatic rings. The second-order valence-electron chi connectivity index (χ2n) is 6.38. The quantitative estimate of drug-likeness (QED) is 0.716. The molecule has 0 radical (unpaired) electrons. The number of anilines is 1. The van der Waals surface area contributed by atoms with Crippen molar-refractivity contribution < 1.29 is 13.2 Å². The lowest BCUT2D eigenvalue weighted by Crippen LogP contribution is -2.22. The number of benzene rings is 1. The lowest BCUT2D eigenvalue weighted by atomic mass is 10.2. The number of nitrogens with one attached hydrogen (secondary N) is 1.